The number of ether oxygens (including phenoxy) is 2. The minimum Gasteiger partial charge on any atom is -0.489 e. The number of piperidine rings is 1. The lowest BCUT2D eigenvalue weighted by Crippen LogP contribution is -2.50. The number of rotatable bonds is 2. The van der Waals surface area contributed by atoms with Gasteiger partial charge in [-0.05, 0) is 58.7 Å². The van der Waals surface area contributed by atoms with Gasteiger partial charge in [0.1, 0.15) is 24.0 Å². The van der Waals surface area contributed by atoms with Crippen LogP contribution >= 0.6 is 0 Å². The molecule has 0 bridgehead atoms. The Labute approximate surface area is 182 Å². The molecule has 0 spiro atoms. The number of hydrogen-bond donors (Lipinski definition) is 2. The fraction of sp³-hybridized carbons (Fsp3) is 0.591. The molecule has 9 nitrogen and oxygen atoms in total. The molecule has 0 unspecified atom stereocenters. The van der Waals surface area contributed by atoms with Gasteiger partial charge in [0.05, 0.1) is 11.3 Å². The molecule has 2 aliphatic heterocycles. The van der Waals surface area contributed by atoms with Crippen LogP contribution in [0.1, 0.15) is 50.9 Å². The molecular formula is C22H31N3O6. The molecule has 31 heavy (non-hydrogen) atoms. The standard InChI is InChI=1S/C22H31N3O6/c1-21(2,3)31-20(28)23-15-13-30-17-7-6-14(12-16(17)24(5)19(15)27)18(26)25-10-8-22(4,29)9-11-25/h6-7,12,15,29H,8-11,13H2,1-5H3,(H,23,28)/t15-/m0/s1. The monoisotopic (exact) mass is 433 g/mol. The SMILES string of the molecule is CN1C(=O)[C@@H](NC(=O)OC(C)(C)C)COc2ccc(C(=O)N3CCC(C)(O)CC3)cc21. The Kier molecular flexibility index (Phi) is 6.18. The van der Waals surface area contributed by atoms with Crippen LogP contribution in [0.2, 0.25) is 0 Å². The fourth-order valence-electron chi connectivity index (χ4n) is 3.56. The van der Waals surface area contributed by atoms with E-state index in [9.17, 15) is 19.5 Å². The third-order valence-corrected chi connectivity index (χ3v) is 5.42. The van der Waals surface area contributed by atoms with Gasteiger partial charge in [0.25, 0.3) is 11.8 Å². The lowest BCUT2D eigenvalue weighted by atomic mass is 9.93. The first-order valence-electron chi connectivity index (χ1n) is 10.4. The van der Waals surface area contributed by atoms with E-state index in [2.05, 4.69) is 5.32 Å². The van der Waals surface area contributed by atoms with Crippen molar-refractivity contribution in [2.45, 2.75) is 57.8 Å². The zero-order chi connectivity index (χ0) is 23.0. The number of aliphatic hydroxyl groups is 1. The minimum atomic E-state index is -0.921. The Morgan fingerprint density at radius 1 is 1.26 bits per heavy atom. The molecule has 3 rings (SSSR count). The van der Waals surface area contributed by atoms with Crippen molar-refractivity contribution >= 4 is 23.6 Å². The number of fused-ring (bicyclic) bond motifs is 1. The average Bonchev–Trinajstić information content (AvgIpc) is 2.78. The van der Waals surface area contributed by atoms with Crippen LogP contribution in [-0.4, -0.2) is 71.9 Å². The summed E-state index contributed by atoms with van der Waals surface area (Å²) in [6.07, 6.45) is 0.331. The number of anilines is 1. The molecule has 0 radical (unpaired) electrons. The maximum atomic E-state index is 12.9. The highest BCUT2D eigenvalue weighted by atomic mass is 16.6. The van der Waals surface area contributed by atoms with Crippen LogP contribution in [0.4, 0.5) is 10.5 Å². The fourth-order valence-corrected chi connectivity index (χ4v) is 3.56. The van der Waals surface area contributed by atoms with Crippen molar-refractivity contribution in [3.63, 3.8) is 0 Å². The maximum Gasteiger partial charge on any atom is 0.408 e. The van der Waals surface area contributed by atoms with Gasteiger partial charge < -0.3 is 29.7 Å². The van der Waals surface area contributed by atoms with Gasteiger partial charge in [0, 0.05) is 25.7 Å². The molecule has 1 aromatic carbocycles. The van der Waals surface area contributed by atoms with E-state index in [1.165, 1.54) is 4.90 Å². The van der Waals surface area contributed by atoms with Gasteiger partial charge in [-0.1, -0.05) is 0 Å². The van der Waals surface area contributed by atoms with Crippen LogP contribution in [0.25, 0.3) is 0 Å². The zero-order valence-corrected chi connectivity index (χ0v) is 18.7. The van der Waals surface area contributed by atoms with Gasteiger partial charge in [-0.15, -0.1) is 0 Å². The first-order chi connectivity index (χ1) is 14.4. The van der Waals surface area contributed by atoms with Crippen LogP contribution in [0, 0.1) is 0 Å². The molecule has 1 fully saturated rings. The van der Waals surface area contributed by atoms with Crippen molar-refractivity contribution in [3.05, 3.63) is 23.8 Å². The van der Waals surface area contributed by atoms with Gasteiger partial charge >= 0.3 is 6.09 Å². The Morgan fingerprint density at radius 3 is 2.52 bits per heavy atom. The molecule has 2 heterocycles. The van der Waals surface area contributed by atoms with Crippen LogP contribution in [-0.2, 0) is 9.53 Å². The lowest BCUT2D eigenvalue weighted by Gasteiger charge is -2.35. The average molecular weight is 434 g/mol. The number of hydrogen-bond acceptors (Lipinski definition) is 6. The summed E-state index contributed by atoms with van der Waals surface area (Å²) in [7, 11) is 1.58. The van der Waals surface area contributed by atoms with Crippen molar-refractivity contribution in [3.8, 4) is 5.75 Å². The number of benzene rings is 1. The number of amides is 3. The molecule has 2 N–H and O–H groups in total. The van der Waals surface area contributed by atoms with Gasteiger partial charge in [0.15, 0.2) is 0 Å². The van der Waals surface area contributed by atoms with E-state index in [0.29, 0.717) is 42.9 Å². The topological polar surface area (TPSA) is 108 Å². The predicted molar refractivity (Wildman–Crippen MR) is 114 cm³/mol. The molecule has 0 saturated carbocycles. The molecule has 2 aliphatic rings. The van der Waals surface area contributed by atoms with Crippen LogP contribution in [0.3, 0.4) is 0 Å². The summed E-state index contributed by atoms with van der Waals surface area (Å²) in [5.74, 6) is -0.0856. The zero-order valence-electron chi connectivity index (χ0n) is 18.7. The summed E-state index contributed by atoms with van der Waals surface area (Å²) in [5, 5.41) is 12.7. The van der Waals surface area contributed by atoms with E-state index < -0.39 is 23.3 Å². The Balaban J connectivity index is 1.74. The summed E-state index contributed by atoms with van der Waals surface area (Å²) in [6, 6.07) is 4.02. The maximum absolute atomic E-state index is 12.9. The van der Waals surface area contributed by atoms with Crippen molar-refractivity contribution < 1.29 is 29.0 Å². The second-order valence-corrected chi connectivity index (χ2v) is 9.38. The summed E-state index contributed by atoms with van der Waals surface area (Å²) in [6.45, 7) is 7.87. The number of nitrogens with one attached hydrogen (secondary N) is 1. The Morgan fingerprint density at radius 2 is 1.90 bits per heavy atom. The quantitative estimate of drug-likeness (QED) is 0.738. The van der Waals surface area contributed by atoms with Crippen LogP contribution in [0.15, 0.2) is 18.2 Å². The largest absolute Gasteiger partial charge is 0.489 e. The van der Waals surface area contributed by atoms with E-state index in [1.807, 2.05) is 0 Å². The third-order valence-electron chi connectivity index (χ3n) is 5.42. The van der Waals surface area contributed by atoms with E-state index in [4.69, 9.17) is 9.47 Å². The van der Waals surface area contributed by atoms with Crippen molar-refractivity contribution in [2.24, 2.45) is 0 Å². The van der Waals surface area contributed by atoms with Crippen LogP contribution < -0.4 is 15.0 Å². The second-order valence-electron chi connectivity index (χ2n) is 9.38. The Hall–Kier alpha value is -2.81. The summed E-state index contributed by atoms with van der Waals surface area (Å²) < 4.78 is 11.0. The highest BCUT2D eigenvalue weighted by Crippen LogP contribution is 2.32. The first kappa shape index (κ1) is 22.9. The predicted octanol–water partition coefficient (Wildman–Crippen LogP) is 1.92. The molecule has 1 aromatic rings. The first-order valence-corrected chi connectivity index (χ1v) is 10.4. The van der Waals surface area contributed by atoms with Gasteiger partial charge in [0.2, 0.25) is 0 Å². The van der Waals surface area contributed by atoms with Gasteiger partial charge in [-0.25, -0.2) is 4.79 Å². The second kappa shape index (κ2) is 8.37. The van der Waals surface area contributed by atoms with Gasteiger partial charge in [-0.2, -0.15) is 0 Å². The van der Waals surface area contributed by atoms with E-state index in [-0.39, 0.29) is 18.4 Å². The number of likely N-dealkylation sites (tertiary alicyclic amines) is 1. The minimum absolute atomic E-state index is 0.0517. The molecular weight excluding hydrogens is 402 g/mol. The highest BCUT2D eigenvalue weighted by Gasteiger charge is 2.34. The van der Waals surface area contributed by atoms with Gasteiger partial charge in [-0.3, -0.25) is 9.59 Å². The Bertz CT molecular complexity index is 866. The lowest BCUT2D eigenvalue weighted by molar-refractivity contribution is -0.120. The summed E-state index contributed by atoms with van der Waals surface area (Å²) in [5.41, 5.74) is -0.554. The van der Waals surface area contributed by atoms with E-state index >= 15 is 0 Å². The summed E-state index contributed by atoms with van der Waals surface area (Å²) in [4.78, 5) is 41.0. The van der Waals surface area contributed by atoms with Crippen molar-refractivity contribution in [2.75, 3.05) is 31.6 Å². The smallest absolute Gasteiger partial charge is 0.408 e. The molecule has 0 aliphatic carbocycles. The molecule has 9 heteroatoms. The highest BCUT2D eigenvalue weighted by molar-refractivity contribution is 6.02. The molecule has 170 valence electrons. The number of alkyl carbamates (subject to hydrolysis) is 1. The van der Waals surface area contributed by atoms with Crippen molar-refractivity contribution in [1.82, 2.24) is 10.2 Å². The molecule has 0 aromatic heterocycles. The number of likely N-dealkylation sites (N-methyl/N-ethyl adjacent to an activating group) is 1. The third kappa shape index (κ3) is 5.46. The molecule has 1 saturated heterocycles. The van der Waals surface area contributed by atoms with E-state index in [1.54, 1.807) is 57.8 Å². The normalized spacial score (nSPS) is 21.0. The number of nitrogens with zero attached hydrogens (tertiary/aromatic N) is 2. The molecule has 3 amide bonds. The van der Waals surface area contributed by atoms with Crippen molar-refractivity contribution in [1.29, 1.82) is 0 Å². The number of carbonyl (C=O) groups excluding carboxylic acids is 3. The number of carbonyl (C=O) groups is 3. The van der Waals surface area contributed by atoms with Crippen LogP contribution in [0.5, 0.6) is 5.75 Å². The summed E-state index contributed by atoms with van der Waals surface area (Å²) >= 11 is 0. The van der Waals surface area contributed by atoms with E-state index in [0.717, 1.165) is 0 Å². The molecule has 1 atom stereocenters.